The Bertz CT molecular complexity index is 771. The van der Waals surface area contributed by atoms with Crippen molar-refractivity contribution in [2.75, 3.05) is 0 Å². The van der Waals surface area contributed by atoms with Gasteiger partial charge in [0.1, 0.15) is 11.4 Å². The van der Waals surface area contributed by atoms with E-state index in [2.05, 4.69) is 31.1 Å². The first-order chi connectivity index (χ1) is 9.66. The van der Waals surface area contributed by atoms with Gasteiger partial charge in [0.15, 0.2) is 0 Å². The summed E-state index contributed by atoms with van der Waals surface area (Å²) in [4.78, 5) is 8.55. The minimum Gasteiger partial charge on any atom is -0.508 e. The third kappa shape index (κ3) is 2.18. The van der Waals surface area contributed by atoms with Gasteiger partial charge in [0, 0.05) is 21.8 Å². The summed E-state index contributed by atoms with van der Waals surface area (Å²) in [5, 5.41) is 13.7. The summed E-state index contributed by atoms with van der Waals surface area (Å²) in [6, 6.07) is 8.84. The molecule has 0 aliphatic rings. The molecule has 0 spiro atoms. The highest BCUT2D eigenvalue weighted by molar-refractivity contribution is 9.10. The Balaban J connectivity index is 2.07. The number of aromatic nitrogens is 3. The molecule has 2 heterocycles. The number of hydrogen-bond acceptors (Lipinski definition) is 5. The lowest BCUT2D eigenvalue weighted by Gasteiger charge is -2.01. The van der Waals surface area contributed by atoms with E-state index in [0.717, 1.165) is 4.47 Å². The predicted molar refractivity (Wildman–Crippen MR) is 77.1 cm³/mol. The summed E-state index contributed by atoms with van der Waals surface area (Å²) >= 11 is 3.40. The fourth-order valence-electron chi connectivity index (χ4n) is 1.83. The average molecular weight is 332 g/mol. The molecular formula is C14H10BrN3O2. The molecule has 0 atom stereocenters. The molecule has 3 aromatic rings. The zero-order chi connectivity index (χ0) is 14.1. The Morgan fingerprint density at radius 2 is 2.05 bits per heavy atom. The van der Waals surface area contributed by atoms with Crippen LogP contribution in [0.4, 0.5) is 0 Å². The van der Waals surface area contributed by atoms with Crippen LogP contribution < -0.4 is 0 Å². The Kier molecular flexibility index (Phi) is 3.23. The Morgan fingerprint density at radius 1 is 1.20 bits per heavy atom. The van der Waals surface area contributed by atoms with Crippen LogP contribution in [0.5, 0.6) is 5.75 Å². The highest BCUT2D eigenvalue weighted by Gasteiger charge is 2.16. The van der Waals surface area contributed by atoms with Gasteiger partial charge in [-0.05, 0) is 47.1 Å². The molecule has 20 heavy (non-hydrogen) atoms. The summed E-state index contributed by atoms with van der Waals surface area (Å²) in [5.74, 6) is 0.947. The van der Waals surface area contributed by atoms with Crippen molar-refractivity contribution in [1.82, 2.24) is 15.1 Å². The fourth-order valence-corrected chi connectivity index (χ4v) is 2.27. The second-order valence-corrected chi connectivity index (χ2v) is 5.06. The topological polar surface area (TPSA) is 72.0 Å². The summed E-state index contributed by atoms with van der Waals surface area (Å²) in [6.45, 7) is 1.80. The summed E-state index contributed by atoms with van der Waals surface area (Å²) < 4.78 is 6.05. The van der Waals surface area contributed by atoms with Gasteiger partial charge < -0.3 is 9.63 Å². The molecule has 0 radical (unpaired) electrons. The number of rotatable bonds is 2. The van der Waals surface area contributed by atoms with Crippen LogP contribution in [0.15, 0.2) is 45.5 Å². The second-order valence-electron chi connectivity index (χ2n) is 4.21. The van der Waals surface area contributed by atoms with Gasteiger partial charge in [-0.25, -0.2) is 0 Å². The number of nitrogens with zero attached hydrogens (tertiary/aromatic N) is 3. The lowest BCUT2D eigenvalue weighted by molar-refractivity contribution is 0.430. The van der Waals surface area contributed by atoms with Gasteiger partial charge in [0.05, 0.1) is 0 Å². The van der Waals surface area contributed by atoms with Crippen molar-refractivity contribution in [3.63, 3.8) is 0 Å². The zero-order valence-electron chi connectivity index (χ0n) is 10.5. The van der Waals surface area contributed by atoms with Crippen LogP contribution in [-0.4, -0.2) is 20.2 Å². The number of phenolic OH excluding ortho intramolecular Hbond substituents is 1. The number of halogens is 1. The molecule has 1 aromatic carbocycles. The van der Waals surface area contributed by atoms with Crippen molar-refractivity contribution in [3.05, 3.63) is 46.6 Å². The van der Waals surface area contributed by atoms with Crippen LogP contribution in [0.3, 0.4) is 0 Å². The maximum absolute atomic E-state index is 9.72. The molecule has 0 saturated heterocycles. The molecule has 0 bridgehead atoms. The van der Waals surface area contributed by atoms with Gasteiger partial charge in [0.2, 0.25) is 5.82 Å². The minimum atomic E-state index is 0.196. The SMILES string of the molecule is Cc1c(O)cccc1-c1nc(-c2ncccc2Br)no1. The van der Waals surface area contributed by atoms with E-state index < -0.39 is 0 Å². The largest absolute Gasteiger partial charge is 0.508 e. The van der Waals surface area contributed by atoms with Gasteiger partial charge in [-0.2, -0.15) is 4.98 Å². The molecule has 0 aliphatic carbocycles. The molecular weight excluding hydrogens is 322 g/mol. The fraction of sp³-hybridized carbons (Fsp3) is 0.0714. The molecule has 0 amide bonds. The highest BCUT2D eigenvalue weighted by Crippen LogP contribution is 2.30. The van der Waals surface area contributed by atoms with Gasteiger partial charge in [-0.15, -0.1) is 0 Å². The van der Waals surface area contributed by atoms with E-state index in [-0.39, 0.29) is 5.75 Å². The first-order valence-electron chi connectivity index (χ1n) is 5.90. The van der Waals surface area contributed by atoms with Crippen LogP contribution in [0.1, 0.15) is 5.56 Å². The summed E-state index contributed by atoms with van der Waals surface area (Å²) in [5.41, 5.74) is 2.01. The van der Waals surface area contributed by atoms with E-state index >= 15 is 0 Å². The van der Waals surface area contributed by atoms with Crippen molar-refractivity contribution in [1.29, 1.82) is 0 Å². The summed E-state index contributed by atoms with van der Waals surface area (Å²) in [6.07, 6.45) is 1.66. The minimum absolute atomic E-state index is 0.196. The van der Waals surface area contributed by atoms with Crippen molar-refractivity contribution >= 4 is 15.9 Å². The first kappa shape index (κ1) is 12.8. The molecule has 0 aliphatic heterocycles. The lowest BCUT2D eigenvalue weighted by Crippen LogP contribution is -1.87. The third-order valence-corrected chi connectivity index (χ3v) is 3.57. The molecule has 0 saturated carbocycles. The molecule has 6 heteroatoms. The van der Waals surface area contributed by atoms with E-state index in [1.165, 1.54) is 0 Å². The molecule has 5 nitrogen and oxygen atoms in total. The van der Waals surface area contributed by atoms with E-state index in [4.69, 9.17) is 4.52 Å². The van der Waals surface area contributed by atoms with Crippen LogP contribution >= 0.6 is 15.9 Å². The lowest BCUT2D eigenvalue weighted by atomic mass is 10.1. The number of aromatic hydroxyl groups is 1. The maximum atomic E-state index is 9.72. The maximum Gasteiger partial charge on any atom is 0.258 e. The highest BCUT2D eigenvalue weighted by atomic mass is 79.9. The van der Waals surface area contributed by atoms with Gasteiger partial charge in [-0.1, -0.05) is 11.2 Å². The third-order valence-electron chi connectivity index (χ3n) is 2.93. The number of hydrogen-bond donors (Lipinski definition) is 1. The zero-order valence-corrected chi connectivity index (χ0v) is 12.1. The molecule has 100 valence electrons. The van der Waals surface area contributed by atoms with Crippen molar-refractivity contribution in [2.45, 2.75) is 6.92 Å². The Morgan fingerprint density at radius 3 is 2.85 bits per heavy atom. The quantitative estimate of drug-likeness (QED) is 0.777. The van der Waals surface area contributed by atoms with E-state index in [9.17, 15) is 5.11 Å². The summed E-state index contributed by atoms with van der Waals surface area (Å²) in [7, 11) is 0. The standard InChI is InChI=1S/C14H10BrN3O2/c1-8-9(4-2-6-11(8)19)14-17-13(18-20-14)12-10(15)5-3-7-16-12/h2-7,19H,1H3. The van der Waals surface area contributed by atoms with Gasteiger partial charge >= 0.3 is 0 Å². The number of benzene rings is 1. The molecule has 0 fully saturated rings. The van der Waals surface area contributed by atoms with Crippen molar-refractivity contribution in [3.8, 4) is 28.7 Å². The molecule has 2 aromatic heterocycles. The van der Waals surface area contributed by atoms with Gasteiger partial charge in [-0.3, -0.25) is 4.98 Å². The van der Waals surface area contributed by atoms with E-state index in [1.54, 1.807) is 25.3 Å². The Labute approximate surface area is 123 Å². The van der Waals surface area contributed by atoms with Crippen LogP contribution in [0.2, 0.25) is 0 Å². The van der Waals surface area contributed by atoms with Crippen molar-refractivity contribution < 1.29 is 9.63 Å². The second kappa shape index (κ2) is 5.05. The van der Waals surface area contributed by atoms with Gasteiger partial charge in [0.25, 0.3) is 5.89 Å². The van der Waals surface area contributed by atoms with E-state index in [0.29, 0.717) is 28.5 Å². The molecule has 1 N–H and O–H groups in total. The number of phenols is 1. The average Bonchev–Trinajstić information content (AvgIpc) is 2.92. The smallest absolute Gasteiger partial charge is 0.258 e. The van der Waals surface area contributed by atoms with Crippen LogP contribution in [-0.2, 0) is 0 Å². The normalized spacial score (nSPS) is 10.7. The number of pyridine rings is 1. The van der Waals surface area contributed by atoms with E-state index in [1.807, 2.05) is 18.2 Å². The van der Waals surface area contributed by atoms with Crippen LogP contribution in [0.25, 0.3) is 23.0 Å². The van der Waals surface area contributed by atoms with Crippen molar-refractivity contribution in [2.24, 2.45) is 0 Å². The predicted octanol–water partition coefficient (Wildman–Crippen LogP) is 3.58. The first-order valence-corrected chi connectivity index (χ1v) is 6.69. The van der Waals surface area contributed by atoms with Crippen LogP contribution in [0, 0.1) is 6.92 Å². The Hall–Kier alpha value is -2.21. The monoisotopic (exact) mass is 331 g/mol. The molecule has 3 rings (SSSR count). The molecule has 0 unspecified atom stereocenters.